The molecule has 3 aliphatic heterocycles. The van der Waals surface area contributed by atoms with Gasteiger partial charge in [0.1, 0.15) is 4.21 Å². The van der Waals surface area contributed by atoms with Gasteiger partial charge < -0.3 is 9.80 Å². The van der Waals surface area contributed by atoms with Crippen LogP contribution in [0.3, 0.4) is 0 Å². The third-order valence-corrected chi connectivity index (χ3v) is 10.3. The third-order valence-electron chi connectivity index (χ3n) is 6.95. The van der Waals surface area contributed by atoms with Crippen molar-refractivity contribution in [2.75, 3.05) is 44.6 Å². The molecular weight excluding hydrogens is 460 g/mol. The summed E-state index contributed by atoms with van der Waals surface area (Å²) in [6.07, 6.45) is 10.0. The summed E-state index contributed by atoms with van der Waals surface area (Å²) in [5.74, 6) is 0.0289. The van der Waals surface area contributed by atoms with Gasteiger partial charge in [-0.05, 0) is 50.7 Å². The van der Waals surface area contributed by atoms with Gasteiger partial charge in [0.2, 0.25) is 5.91 Å². The number of hydrogen-bond donors (Lipinski definition) is 1. The van der Waals surface area contributed by atoms with Gasteiger partial charge in [0.05, 0.1) is 10.9 Å². The Morgan fingerprint density at radius 2 is 1.42 bits per heavy atom. The van der Waals surface area contributed by atoms with Crippen LogP contribution in [0.25, 0.3) is 0 Å². The molecule has 0 bridgehead atoms. The monoisotopic (exact) mass is 496 g/mol. The standard InChI is InChI=1S/C23H36N4O4S2/c28-22(25-13-5-1-2-6-14-25)19-10-9-15-26(18-19)23(29)24-20-11-12-21(32-20)33(30,31)27-16-7-3-4-8-17-27/h11-12,19H,1-10,13-18H2,(H,24,29). The molecule has 0 aliphatic carbocycles. The summed E-state index contributed by atoms with van der Waals surface area (Å²) in [5, 5.41) is 3.39. The minimum Gasteiger partial charge on any atom is -0.342 e. The lowest BCUT2D eigenvalue weighted by Crippen LogP contribution is -2.48. The molecule has 10 heteroatoms. The lowest BCUT2D eigenvalue weighted by molar-refractivity contribution is -0.136. The number of nitrogens with zero attached hydrogens (tertiary/aromatic N) is 3. The first-order valence-electron chi connectivity index (χ1n) is 12.4. The summed E-state index contributed by atoms with van der Waals surface area (Å²) < 4.78 is 27.9. The Morgan fingerprint density at radius 3 is 2.09 bits per heavy atom. The zero-order valence-electron chi connectivity index (χ0n) is 19.3. The van der Waals surface area contributed by atoms with Crippen molar-refractivity contribution in [3.8, 4) is 0 Å². The first-order valence-corrected chi connectivity index (χ1v) is 14.7. The number of thiophene rings is 1. The molecule has 4 rings (SSSR count). The van der Waals surface area contributed by atoms with E-state index in [1.54, 1.807) is 21.3 Å². The van der Waals surface area contributed by atoms with Crippen LogP contribution in [0.15, 0.2) is 16.3 Å². The van der Waals surface area contributed by atoms with Crippen LogP contribution < -0.4 is 5.32 Å². The van der Waals surface area contributed by atoms with Crippen molar-refractivity contribution in [1.82, 2.24) is 14.1 Å². The topological polar surface area (TPSA) is 90.0 Å². The van der Waals surface area contributed by atoms with E-state index in [-0.39, 0.29) is 22.1 Å². The Hall–Kier alpha value is -1.65. The van der Waals surface area contributed by atoms with Crippen LogP contribution in [0.1, 0.15) is 64.2 Å². The van der Waals surface area contributed by atoms with Crippen LogP contribution in [-0.2, 0) is 14.8 Å². The van der Waals surface area contributed by atoms with Crippen LogP contribution in [0.2, 0.25) is 0 Å². The van der Waals surface area contributed by atoms with E-state index in [4.69, 9.17) is 0 Å². The van der Waals surface area contributed by atoms with E-state index in [9.17, 15) is 18.0 Å². The highest BCUT2D eigenvalue weighted by Gasteiger charge is 2.32. The van der Waals surface area contributed by atoms with Crippen LogP contribution in [0.4, 0.5) is 9.80 Å². The molecule has 33 heavy (non-hydrogen) atoms. The molecule has 1 unspecified atom stereocenters. The van der Waals surface area contributed by atoms with Crippen molar-refractivity contribution < 1.29 is 18.0 Å². The summed E-state index contributed by atoms with van der Waals surface area (Å²) in [6, 6.07) is 2.99. The van der Waals surface area contributed by atoms with Gasteiger partial charge >= 0.3 is 6.03 Å². The number of piperidine rings is 1. The Labute approximate surface area is 201 Å². The molecule has 1 aromatic rings. The summed E-state index contributed by atoms with van der Waals surface area (Å²) in [7, 11) is -3.52. The van der Waals surface area contributed by atoms with Gasteiger partial charge in [-0.25, -0.2) is 13.2 Å². The fourth-order valence-electron chi connectivity index (χ4n) is 5.03. The predicted molar refractivity (Wildman–Crippen MR) is 130 cm³/mol. The van der Waals surface area contributed by atoms with Gasteiger partial charge in [-0.15, -0.1) is 11.3 Å². The zero-order valence-corrected chi connectivity index (χ0v) is 21.0. The minimum atomic E-state index is -3.52. The molecular formula is C23H36N4O4S2. The number of rotatable bonds is 4. The zero-order chi connectivity index (χ0) is 23.3. The molecule has 184 valence electrons. The molecule has 0 spiro atoms. The number of likely N-dealkylation sites (tertiary alicyclic amines) is 2. The van der Waals surface area contributed by atoms with Gasteiger partial charge in [0, 0.05) is 39.3 Å². The number of carbonyl (C=O) groups excluding carboxylic acids is 2. The average Bonchev–Trinajstić information content (AvgIpc) is 3.02. The lowest BCUT2D eigenvalue weighted by atomic mass is 9.96. The highest BCUT2D eigenvalue weighted by atomic mass is 32.2. The summed E-state index contributed by atoms with van der Waals surface area (Å²) in [6.45, 7) is 3.80. The highest BCUT2D eigenvalue weighted by Crippen LogP contribution is 2.30. The quantitative estimate of drug-likeness (QED) is 0.683. The van der Waals surface area contributed by atoms with E-state index in [1.807, 2.05) is 4.90 Å². The second-order valence-electron chi connectivity index (χ2n) is 9.39. The van der Waals surface area contributed by atoms with Gasteiger partial charge in [0.25, 0.3) is 10.0 Å². The van der Waals surface area contributed by atoms with Crippen molar-refractivity contribution in [1.29, 1.82) is 0 Å². The largest absolute Gasteiger partial charge is 0.342 e. The second kappa shape index (κ2) is 11.2. The van der Waals surface area contributed by atoms with Crippen molar-refractivity contribution >= 4 is 38.3 Å². The molecule has 3 amide bonds. The molecule has 0 aromatic carbocycles. The summed E-state index contributed by atoms with van der Waals surface area (Å²) in [5.41, 5.74) is 0. The van der Waals surface area contributed by atoms with E-state index in [0.29, 0.717) is 31.2 Å². The maximum absolute atomic E-state index is 13.0. The summed E-state index contributed by atoms with van der Waals surface area (Å²) >= 11 is 1.10. The van der Waals surface area contributed by atoms with Gasteiger partial charge in [-0.1, -0.05) is 25.7 Å². The molecule has 3 saturated heterocycles. The number of anilines is 1. The Kier molecular flexibility index (Phi) is 8.29. The fraction of sp³-hybridized carbons (Fsp3) is 0.739. The first-order chi connectivity index (χ1) is 15.9. The number of nitrogens with one attached hydrogen (secondary N) is 1. The number of hydrogen-bond acceptors (Lipinski definition) is 5. The van der Waals surface area contributed by atoms with E-state index >= 15 is 0 Å². The Morgan fingerprint density at radius 1 is 0.818 bits per heavy atom. The Balaban J connectivity index is 1.35. The average molecular weight is 497 g/mol. The van der Waals surface area contributed by atoms with E-state index < -0.39 is 10.0 Å². The normalized spacial score (nSPS) is 23.6. The molecule has 3 fully saturated rings. The first kappa shape index (κ1) is 24.5. The minimum absolute atomic E-state index is 0.148. The molecule has 4 heterocycles. The van der Waals surface area contributed by atoms with Crippen LogP contribution in [0.5, 0.6) is 0 Å². The third kappa shape index (κ3) is 6.08. The smallest absolute Gasteiger partial charge is 0.322 e. The predicted octanol–water partition coefficient (Wildman–Crippen LogP) is 3.96. The van der Waals surface area contributed by atoms with E-state index in [0.717, 1.165) is 75.8 Å². The molecule has 1 atom stereocenters. The van der Waals surface area contributed by atoms with Crippen molar-refractivity contribution in [2.24, 2.45) is 5.92 Å². The van der Waals surface area contributed by atoms with E-state index in [2.05, 4.69) is 5.32 Å². The summed E-state index contributed by atoms with van der Waals surface area (Å²) in [4.78, 5) is 29.6. The number of carbonyl (C=O) groups is 2. The SMILES string of the molecule is O=C(Nc1ccc(S(=O)(=O)N2CCCCCC2)s1)N1CCCC(C(=O)N2CCCCCC2)C1. The number of urea groups is 1. The molecule has 0 radical (unpaired) electrons. The fourth-order valence-corrected chi connectivity index (χ4v) is 7.90. The van der Waals surface area contributed by atoms with Gasteiger partial charge in [-0.2, -0.15) is 4.31 Å². The van der Waals surface area contributed by atoms with Gasteiger partial charge in [-0.3, -0.25) is 10.1 Å². The highest BCUT2D eigenvalue weighted by molar-refractivity contribution is 7.91. The molecule has 8 nitrogen and oxygen atoms in total. The van der Waals surface area contributed by atoms with Crippen LogP contribution in [0, 0.1) is 5.92 Å². The van der Waals surface area contributed by atoms with Gasteiger partial charge in [0.15, 0.2) is 0 Å². The maximum Gasteiger partial charge on any atom is 0.322 e. The maximum atomic E-state index is 13.0. The lowest BCUT2D eigenvalue weighted by Gasteiger charge is -2.34. The van der Waals surface area contributed by atoms with Crippen LogP contribution >= 0.6 is 11.3 Å². The van der Waals surface area contributed by atoms with Crippen molar-refractivity contribution in [3.63, 3.8) is 0 Å². The van der Waals surface area contributed by atoms with Crippen molar-refractivity contribution in [2.45, 2.75) is 68.4 Å². The molecule has 1 aromatic heterocycles. The second-order valence-corrected chi connectivity index (χ2v) is 12.6. The number of amides is 3. The van der Waals surface area contributed by atoms with E-state index in [1.165, 1.54) is 12.8 Å². The van der Waals surface area contributed by atoms with Crippen LogP contribution in [-0.4, -0.2) is 73.7 Å². The van der Waals surface area contributed by atoms with Crippen molar-refractivity contribution in [3.05, 3.63) is 12.1 Å². The number of sulfonamides is 1. The molecule has 1 N–H and O–H groups in total. The molecule has 0 saturated carbocycles. The Bertz CT molecular complexity index is 917. The molecule has 3 aliphatic rings.